The third-order valence-electron chi connectivity index (χ3n) is 2.84. The number of ether oxygens (including phenoxy) is 1. The number of alkyl halides is 2. The zero-order valence-corrected chi connectivity index (χ0v) is 15.1. The van der Waals surface area contributed by atoms with Gasteiger partial charge in [0.15, 0.2) is 0 Å². The van der Waals surface area contributed by atoms with E-state index >= 15 is 0 Å². The molecule has 1 N–H and O–H groups in total. The summed E-state index contributed by atoms with van der Waals surface area (Å²) in [6.07, 6.45) is 0. The van der Waals surface area contributed by atoms with E-state index in [-0.39, 0.29) is 11.8 Å². The van der Waals surface area contributed by atoms with Crippen LogP contribution in [0.1, 0.15) is 24.1 Å². The molecular weight excluding hydrogens is 428 g/mol. The van der Waals surface area contributed by atoms with Crippen LogP contribution in [0.2, 0.25) is 0 Å². The van der Waals surface area contributed by atoms with Crippen molar-refractivity contribution in [2.75, 3.05) is 6.54 Å². The Hall–Kier alpha value is -0.500. The van der Waals surface area contributed by atoms with Crippen molar-refractivity contribution >= 4 is 43.2 Å². The molecule has 0 spiro atoms. The van der Waals surface area contributed by atoms with Crippen LogP contribution in [0.25, 0.3) is 0 Å². The second-order valence-corrected chi connectivity index (χ2v) is 7.97. The molecule has 21 heavy (non-hydrogen) atoms. The smallest absolute Gasteiger partial charge is 0.387 e. The molecule has 114 valence electrons. The lowest BCUT2D eigenvalue weighted by atomic mass is 10.0. The standard InChI is InChI=1S/C14H13Br2F2NOS/c1-2-19-12(10-7-11(15)21-13(10)16)8-3-5-9(6-4-8)20-14(17)18/h3-7,12,14,19H,2H2,1H3. The van der Waals surface area contributed by atoms with E-state index in [0.29, 0.717) is 0 Å². The van der Waals surface area contributed by atoms with Crippen LogP contribution in [-0.2, 0) is 0 Å². The molecule has 1 unspecified atom stereocenters. The SMILES string of the molecule is CCNC(c1ccc(OC(F)F)cc1)c1cc(Br)sc1Br. The van der Waals surface area contributed by atoms with E-state index in [1.807, 2.05) is 13.0 Å². The van der Waals surface area contributed by atoms with Crippen molar-refractivity contribution in [3.63, 3.8) is 0 Å². The summed E-state index contributed by atoms with van der Waals surface area (Å²) in [7, 11) is 0. The van der Waals surface area contributed by atoms with Gasteiger partial charge in [-0.05, 0) is 67.7 Å². The van der Waals surface area contributed by atoms with E-state index < -0.39 is 6.61 Å². The second kappa shape index (κ2) is 7.67. The molecule has 1 heterocycles. The maximum atomic E-state index is 12.2. The molecule has 7 heteroatoms. The van der Waals surface area contributed by atoms with Crippen molar-refractivity contribution in [2.45, 2.75) is 19.6 Å². The van der Waals surface area contributed by atoms with Gasteiger partial charge in [-0.3, -0.25) is 0 Å². The third-order valence-corrected chi connectivity index (χ3v) is 5.23. The third kappa shape index (κ3) is 4.48. The van der Waals surface area contributed by atoms with Crippen LogP contribution in [0.3, 0.4) is 0 Å². The molecule has 0 saturated carbocycles. The number of halogens is 4. The fraction of sp³-hybridized carbons (Fsp3) is 0.286. The van der Waals surface area contributed by atoms with Gasteiger partial charge in [0.1, 0.15) is 5.75 Å². The predicted octanol–water partition coefficient (Wildman–Crippen LogP) is 5.57. The van der Waals surface area contributed by atoms with E-state index in [9.17, 15) is 8.78 Å². The topological polar surface area (TPSA) is 21.3 Å². The van der Waals surface area contributed by atoms with Crippen LogP contribution in [0, 0.1) is 0 Å². The Balaban J connectivity index is 2.28. The molecule has 0 aliphatic carbocycles. The van der Waals surface area contributed by atoms with Crippen molar-refractivity contribution < 1.29 is 13.5 Å². The zero-order valence-electron chi connectivity index (χ0n) is 11.1. The Morgan fingerprint density at radius 1 is 1.24 bits per heavy atom. The average Bonchev–Trinajstić information content (AvgIpc) is 2.75. The minimum atomic E-state index is -2.80. The molecular formula is C14H13Br2F2NOS. The summed E-state index contributed by atoms with van der Waals surface area (Å²) in [5, 5.41) is 3.40. The largest absolute Gasteiger partial charge is 0.435 e. The number of thiophene rings is 1. The molecule has 0 saturated heterocycles. The first kappa shape index (κ1) is 16.9. The summed E-state index contributed by atoms with van der Waals surface area (Å²) in [5.74, 6) is 0.162. The van der Waals surface area contributed by atoms with E-state index in [4.69, 9.17) is 0 Å². The first-order valence-electron chi connectivity index (χ1n) is 6.24. The highest BCUT2D eigenvalue weighted by Gasteiger charge is 2.18. The van der Waals surface area contributed by atoms with Crippen LogP contribution in [0.15, 0.2) is 37.9 Å². The Morgan fingerprint density at radius 2 is 1.90 bits per heavy atom. The van der Waals surface area contributed by atoms with Crippen molar-refractivity contribution in [3.05, 3.63) is 49.0 Å². The highest BCUT2D eigenvalue weighted by Crippen LogP contribution is 2.38. The molecule has 0 radical (unpaired) electrons. The molecule has 1 atom stereocenters. The summed E-state index contributed by atoms with van der Waals surface area (Å²) >= 11 is 8.63. The van der Waals surface area contributed by atoms with Crippen LogP contribution in [-0.4, -0.2) is 13.2 Å². The molecule has 0 bridgehead atoms. The Kier molecular flexibility index (Phi) is 6.16. The van der Waals surface area contributed by atoms with Crippen molar-refractivity contribution in [3.8, 4) is 5.75 Å². The van der Waals surface area contributed by atoms with Crippen LogP contribution >= 0.6 is 43.2 Å². The van der Waals surface area contributed by atoms with Crippen LogP contribution in [0.4, 0.5) is 8.78 Å². The van der Waals surface area contributed by atoms with Gasteiger partial charge in [-0.1, -0.05) is 19.1 Å². The fourth-order valence-electron chi connectivity index (χ4n) is 2.00. The normalized spacial score (nSPS) is 12.7. The number of rotatable bonds is 6. The highest BCUT2D eigenvalue weighted by atomic mass is 79.9. The van der Waals surface area contributed by atoms with Gasteiger partial charge in [0, 0.05) is 0 Å². The molecule has 2 aromatic rings. The zero-order chi connectivity index (χ0) is 15.4. The van der Waals surface area contributed by atoms with E-state index in [1.54, 1.807) is 35.6 Å². The van der Waals surface area contributed by atoms with E-state index in [1.165, 1.54) is 0 Å². The highest BCUT2D eigenvalue weighted by molar-refractivity contribution is 9.12. The van der Waals surface area contributed by atoms with Gasteiger partial charge in [-0.15, -0.1) is 11.3 Å². The number of hydrogen-bond acceptors (Lipinski definition) is 3. The fourth-order valence-corrected chi connectivity index (χ4v) is 4.91. The molecule has 0 aliphatic heterocycles. The summed E-state index contributed by atoms with van der Waals surface area (Å²) in [5.41, 5.74) is 2.10. The summed E-state index contributed by atoms with van der Waals surface area (Å²) < 4.78 is 30.8. The minimum absolute atomic E-state index is 0.00692. The second-order valence-electron chi connectivity index (χ2n) is 4.22. The van der Waals surface area contributed by atoms with Crippen molar-refractivity contribution in [2.24, 2.45) is 0 Å². The quantitative estimate of drug-likeness (QED) is 0.633. The maximum Gasteiger partial charge on any atom is 0.387 e. The predicted molar refractivity (Wildman–Crippen MR) is 88.3 cm³/mol. The number of benzene rings is 1. The molecule has 1 aromatic carbocycles. The van der Waals surface area contributed by atoms with Crippen molar-refractivity contribution in [1.29, 1.82) is 0 Å². The first-order valence-corrected chi connectivity index (χ1v) is 8.64. The molecule has 2 rings (SSSR count). The first-order chi connectivity index (χ1) is 10.0. The van der Waals surface area contributed by atoms with Gasteiger partial charge in [-0.2, -0.15) is 8.78 Å². The van der Waals surface area contributed by atoms with Crippen molar-refractivity contribution in [1.82, 2.24) is 5.32 Å². The molecule has 0 amide bonds. The number of hydrogen-bond donors (Lipinski definition) is 1. The molecule has 1 aromatic heterocycles. The van der Waals surface area contributed by atoms with Gasteiger partial charge in [-0.25, -0.2) is 0 Å². The average molecular weight is 441 g/mol. The van der Waals surface area contributed by atoms with Crippen LogP contribution in [0.5, 0.6) is 5.75 Å². The number of nitrogens with one attached hydrogen (secondary N) is 1. The van der Waals surface area contributed by atoms with Gasteiger partial charge < -0.3 is 10.1 Å². The lowest BCUT2D eigenvalue weighted by Crippen LogP contribution is -2.21. The lowest BCUT2D eigenvalue weighted by molar-refractivity contribution is -0.0498. The monoisotopic (exact) mass is 439 g/mol. The van der Waals surface area contributed by atoms with Gasteiger partial charge in [0.05, 0.1) is 13.6 Å². The van der Waals surface area contributed by atoms with E-state index in [2.05, 4.69) is 41.9 Å². The summed E-state index contributed by atoms with van der Waals surface area (Å²) in [6.45, 7) is 0.0126. The minimum Gasteiger partial charge on any atom is -0.435 e. The summed E-state index contributed by atoms with van der Waals surface area (Å²) in [4.78, 5) is 0. The van der Waals surface area contributed by atoms with Gasteiger partial charge >= 0.3 is 6.61 Å². The Labute approximate surface area is 142 Å². The lowest BCUT2D eigenvalue weighted by Gasteiger charge is -2.18. The molecule has 2 nitrogen and oxygen atoms in total. The van der Waals surface area contributed by atoms with Crippen LogP contribution < -0.4 is 10.1 Å². The Morgan fingerprint density at radius 3 is 2.38 bits per heavy atom. The molecule has 0 fully saturated rings. The Bertz CT molecular complexity index is 589. The van der Waals surface area contributed by atoms with Gasteiger partial charge in [0.25, 0.3) is 0 Å². The van der Waals surface area contributed by atoms with E-state index in [0.717, 1.165) is 25.2 Å². The maximum absolute atomic E-state index is 12.2. The van der Waals surface area contributed by atoms with Gasteiger partial charge in [0.2, 0.25) is 0 Å². The molecule has 0 aliphatic rings. The summed E-state index contributed by atoms with van der Waals surface area (Å²) in [6, 6.07) is 8.74.